The van der Waals surface area contributed by atoms with Crippen molar-refractivity contribution in [2.45, 2.75) is 25.8 Å². The molecule has 0 spiro atoms. The van der Waals surface area contributed by atoms with Crippen LogP contribution in [-0.4, -0.2) is 30.6 Å². The van der Waals surface area contributed by atoms with Gasteiger partial charge < -0.3 is 10.2 Å². The van der Waals surface area contributed by atoms with Gasteiger partial charge in [-0.1, -0.05) is 6.07 Å². The summed E-state index contributed by atoms with van der Waals surface area (Å²) < 4.78 is 13.5. The Labute approximate surface area is 102 Å². The molecule has 0 aromatic heterocycles. The summed E-state index contributed by atoms with van der Waals surface area (Å²) in [5, 5.41) is 3.51. The molecule has 2 fully saturated rings. The molecule has 92 valence electrons. The van der Waals surface area contributed by atoms with E-state index in [0.717, 1.165) is 11.6 Å². The number of hydrogen-bond donors (Lipinski definition) is 1. The Bertz CT molecular complexity index is 419. The molecular formula is C14H19FN2. The van der Waals surface area contributed by atoms with E-state index in [-0.39, 0.29) is 5.82 Å². The third-order valence-corrected chi connectivity index (χ3v) is 4.16. The van der Waals surface area contributed by atoms with Crippen LogP contribution in [0.15, 0.2) is 18.2 Å². The number of aryl methyl sites for hydroxylation is 1. The van der Waals surface area contributed by atoms with Gasteiger partial charge in [-0.05, 0) is 49.9 Å². The number of anilines is 1. The van der Waals surface area contributed by atoms with E-state index in [1.165, 1.54) is 32.5 Å². The first-order valence-electron chi connectivity index (χ1n) is 6.47. The number of halogens is 1. The average Bonchev–Trinajstić information content (AvgIpc) is 2.71. The normalized spacial score (nSPS) is 31.5. The maximum atomic E-state index is 13.5. The first kappa shape index (κ1) is 11.0. The predicted octanol–water partition coefficient (Wildman–Crippen LogP) is 2.64. The summed E-state index contributed by atoms with van der Waals surface area (Å²) in [6.45, 7) is 5.44. The Morgan fingerprint density at radius 1 is 1.29 bits per heavy atom. The molecule has 1 aromatic carbocycles. The van der Waals surface area contributed by atoms with Gasteiger partial charge >= 0.3 is 0 Å². The lowest BCUT2D eigenvalue weighted by atomic mass is 9.94. The van der Waals surface area contributed by atoms with Gasteiger partial charge in [-0.15, -0.1) is 0 Å². The summed E-state index contributed by atoms with van der Waals surface area (Å²) in [7, 11) is 0. The minimum atomic E-state index is -0.112. The molecule has 0 aliphatic carbocycles. The van der Waals surface area contributed by atoms with E-state index >= 15 is 0 Å². The molecule has 2 saturated heterocycles. The van der Waals surface area contributed by atoms with Crippen LogP contribution in [0.5, 0.6) is 0 Å². The van der Waals surface area contributed by atoms with Crippen LogP contribution in [0.4, 0.5) is 10.1 Å². The lowest BCUT2D eigenvalue weighted by Crippen LogP contribution is -2.39. The van der Waals surface area contributed by atoms with Crippen LogP contribution >= 0.6 is 0 Å². The highest BCUT2D eigenvalue weighted by Gasteiger charge is 2.34. The third-order valence-electron chi connectivity index (χ3n) is 4.16. The summed E-state index contributed by atoms with van der Waals surface area (Å²) in [4.78, 5) is 2.53. The second kappa shape index (κ2) is 4.30. The molecule has 2 aliphatic rings. The molecule has 2 heterocycles. The summed E-state index contributed by atoms with van der Waals surface area (Å²) in [6, 6.07) is 5.98. The number of hydrogen-bond acceptors (Lipinski definition) is 2. The van der Waals surface area contributed by atoms with Crippen LogP contribution < -0.4 is 5.32 Å². The van der Waals surface area contributed by atoms with Crippen LogP contribution in [-0.2, 0) is 0 Å². The van der Waals surface area contributed by atoms with E-state index in [9.17, 15) is 4.39 Å². The number of nitrogens with one attached hydrogen (secondary N) is 1. The van der Waals surface area contributed by atoms with Crippen molar-refractivity contribution in [1.82, 2.24) is 4.90 Å². The molecule has 2 nitrogen and oxygen atoms in total. The fraction of sp³-hybridized carbons (Fsp3) is 0.571. The van der Waals surface area contributed by atoms with Crippen LogP contribution in [0.3, 0.4) is 0 Å². The molecule has 0 radical (unpaired) electrons. The molecule has 17 heavy (non-hydrogen) atoms. The first-order chi connectivity index (χ1) is 8.22. The van der Waals surface area contributed by atoms with E-state index in [1.54, 1.807) is 13.0 Å². The predicted molar refractivity (Wildman–Crippen MR) is 67.7 cm³/mol. The Morgan fingerprint density at radius 3 is 2.94 bits per heavy atom. The van der Waals surface area contributed by atoms with E-state index < -0.39 is 0 Å². The van der Waals surface area contributed by atoms with Gasteiger partial charge in [0.05, 0.1) is 0 Å². The summed E-state index contributed by atoms with van der Waals surface area (Å²) in [5.41, 5.74) is 1.64. The van der Waals surface area contributed by atoms with Crippen molar-refractivity contribution in [1.29, 1.82) is 0 Å². The number of rotatable bonds is 2. The van der Waals surface area contributed by atoms with Crippen LogP contribution in [0.2, 0.25) is 0 Å². The molecular weight excluding hydrogens is 215 g/mol. The Balaban J connectivity index is 1.71. The van der Waals surface area contributed by atoms with Gasteiger partial charge in [0.2, 0.25) is 0 Å². The molecule has 3 atom stereocenters. The summed E-state index contributed by atoms with van der Waals surface area (Å²) in [6.07, 6.45) is 2.46. The van der Waals surface area contributed by atoms with E-state index in [2.05, 4.69) is 10.2 Å². The average molecular weight is 234 g/mol. The van der Waals surface area contributed by atoms with Gasteiger partial charge in [-0.2, -0.15) is 0 Å². The van der Waals surface area contributed by atoms with Gasteiger partial charge in [0.15, 0.2) is 0 Å². The van der Waals surface area contributed by atoms with Crippen molar-refractivity contribution in [3.8, 4) is 0 Å². The minimum Gasteiger partial charge on any atom is -0.382 e. The second-order valence-electron chi connectivity index (χ2n) is 5.35. The van der Waals surface area contributed by atoms with Crippen molar-refractivity contribution in [3.05, 3.63) is 29.6 Å². The SMILES string of the molecule is Cc1ccc(NC2CCN3CCC2C3)cc1F. The first-order valence-corrected chi connectivity index (χ1v) is 6.47. The van der Waals surface area contributed by atoms with Crippen molar-refractivity contribution < 1.29 is 4.39 Å². The van der Waals surface area contributed by atoms with Gasteiger partial charge in [-0.25, -0.2) is 4.39 Å². The summed E-state index contributed by atoms with van der Waals surface area (Å²) in [5.74, 6) is 0.631. The van der Waals surface area contributed by atoms with Gasteiger partial charge in [-0.3, -0.25) is 0 Å². The lowest BCUT2D eigenvalue weighted by Gasteiger charge is -2.31. The van der Waals surface area contributed by atoms with Crippen molar-refractivity contribution in [2.24, 2.45) is 5.92 Å². The summed E-state index contributed by atoms with van der Waals surface area (Å²) >= 11 is 0. The zero-order valence-corrected chi connectivity index (χ0v) is 10.2. The highest BCUT2D eigenvalue weighted by atomic mass is 19.1. The Kier molecular flexibility index (Phi) is 2.79. The second-order valence-corrected chi connectivity index (χ2v) is 5.35. The largest absolute Gasteiger partial charge is 0.382 e. The standard InChI is InChI=1S/C14H19FN2/c1-10-2-3-12(8-13(10)15)16-14-5-7-17-6-4-11(14)9-17/h2-3,8,11,14,16H,4-7,9H2,1H3. The smallest absolute Gasteiger partial charge is 0.128 e. The van der Waals surface area contributed by atoms with Crippen LogP contribution in [0.25, 0.3) is 0 Å². The monoisotopic (exact) mass is 234 g/mol. The van der Waals surface area contributed by atoms with Gasteiger partial charge in [0, 0.05) is 24.8 Å². The number of piperidine rings is 1. The van der Waals surface area contributed by atoms with Gasteiger partial charge in [0.1, 0.15) is 5.82 Å². The van der Waals surface area contributed by atoms with Crippen LogP contribution in [0, 0.1) is 18.7 Å². The molecule has 3 rings (SSSR count). The van der Waals surface area contributed by atoms with Gasteiger partial charge in [0.25, 0.3) is 0 Å². The fourth-order valence-electron chi connectivity index (χ4n) is 3.04. The number of fused-ring (bicyclic) bond motifs is 2. The molecule has 0 saturated carbocycles. The van der Waals surface area contributed by atoms with E-state index in [1.807, 2.05) is 12.1 Å². The molecule has 0 amide bonds. The highest BCUT2D eigenvalue weighted by molar-refractivity contribution is 5.46. The maximum absolute atomic E-state index is 13.5. The maximum Gasteiger partial charge on any atom is 0.128 e. The lowest BCUT2D eigenvalue weighted by molar-refractivity contribution is 0.255. The quantitative estimate of drug-likeness (QED) is 0.846. The zero-order chi connectivity index (χ0) is 11.8. The van der Waals surface area contributed by atoms with Crippen LogP contribution in [0.1, 0.15) is 18.4 Å². The molecule has 3 heteroatoms. The highest BCUT2D eigenvalue weighted by Crippen LogP contribution is 2.29. The van der Waals surface area contributed by atoms with Crippen molar-refractivity contribution >= 4 is 5.69 Å². The molecule has 2 aliphatic heterocycles. The fourth-order valence-corrected chi connectivity index (χ4v) is 3.04. The molecule has 1 N–H and O–H groups in total. The topological polar surface area (TPSA) is 15.3 Å². The number of benzene rings is 1. The third kappa shape index (κ3) is 2.16. The van der Waals surface area contributed by atoms with Crippen molar-refractivity contribution in [3.63, 3.8) is 0 Å². The molecule has 3 unspecified atom stereocenters. The van der Waals surface area contributed by atoms with Crippen molar-refractivity contribution in [2.75, 3.05) is 25.0 Å². The van der Waals surface area contributed by atoms with E-state index in [0.29, 0.717) is 11.6 Å². The minimum absolute atomic E-state index is 0.112. The molecule has 1 aromatic rings. The zero-order valence-electron chi connectivity index (χ0n) is 10.2. The number of nitrogens with zero attached hydrogens (tertiary/aromatic N) is 1. The Morgan fingerprint density at radius 2 is 2.12 bits per heavy atom. The van der Waals surface area contributed by atoms with E-state index in [4.69, 9.17) is 0 Å². The Hall–Kier alpha value is -1.09. The molecule has 2 bridgehead atoms.